The van der Waals surface area contributed by atoms with Crippen molar-refractivity contribution in [2.45, 2.75) is 18.9 Å². The van der Waals surface area contributed by atoms with Gasteiger partial charge in [0.1, 0.15) is 11.7 Å². The molecule has 1 saturated heterocycles. The fraction of sp³-hybridized carbons (Fsp3) is 0.286. The maximum absolute atomic E-state index is 12.4. The largest absolute Gasteiger partial charge is 0.480 e. The molecular formula is C14H14N2O3. The third-order valence-electron chi connectivity index (χ3n) is 3.56. The van der Waals surface area contributed by atoms with Crippen LogP contribution in [0.5, 0.6) is 0 Å². The fourth-order valence-corrected chi connectivity index (χ4v) is 2.61. The lowest BCUT2D eigenvalue weighted by Crippen LogP contribution is -2.40. The molecule has 0 saturated carbocycles. The number of carbonyl (C=O) groups excluding carboxylic acids is 1. The quantitative estimate of drug-likeness (QED) is 0.863. The predicted molar refractivity (Wildman–Crippen MR) is 70.0 cm³/mol. The molecule has 5 heteroatoms. The molecule has 0 radical (unpaired) electrons. The number of hydrogen-bond donors (Lipinski definition) is 2. The Morgan fingerprint density at radius 3 is 2.84 bits per heavy atom. The van der Waals surface area contributed by atoms with Crippen LogP contribution in [-0.4, -0.2) is 39.5 Å². The van der Waals surface area contributed by atoms with E-state index < -0.39 is 12.0 Å². The number of rotatable bonds is 2. The van der Waals surface area contributed by atoms with Crippen molar-refractivity contribution < 1.29 is 14.7 Å². The summed E-state index contributed by atoms with van der Waals surface area (Å²) < 4.78 is 0. The summed E-state index contributed by atoms with van der Waals surface area (Å²) in [5.41, 5.74) is 1.34. The van der Waals surface area contributed by atoms with Crippen molar-refractivity contribution in [1.29, 1.82) is 0 Å². The fourth-order valence-electron chi connectivity index (χ4n) is 2.61. The minimum atomic E-state index is -0.929. The number of para-hydroxylation sites is 1. The number of nitrogens with zero attached hydrogens (tertiary/aromatic N) is 1. The summed E-state index contributed by atoms with van der Waals surface area (Å²) in [4.78, 5) is 28.0. The molecule has 0 spiro atoms. The predicted octanol–water partition coefficient (Wildman–Crippen LogP) is 1.86. The number of nitrogens with one attached hydrogen (secondary N) is 1. The van der Waals surface area contributed by atoms with Gasteiger partial charge in [0.05, 0.1) is 0 Å². The van der Waals surface area contributed by atoms with Gasteiger partial charge in [-0.05, 0) is 25.0 Å². The molecule has 1 aromatic carbocycles. The van der Waals surface area contributed by atoms with E-state index in [0.29, 0.717) is 18.7 Å². The van der Waals surface area contributed by atoms with Crippen molar-refractivity contribution in [3.8, 4) is 0 Å². The van der Waals surface area contributed by atoms with Gasteiger partial charge in [-0.1, -0.05) is 18.2 Å². The molecular weight excluding hydrogens is 244 g/mol. The standard InChI is InChI=1S/C14H14N2O3/c17-13(16-7-3-6-12(16)14(18)19)11-8-9-4-1-2-5-10(9)15-11/h1-2,4-5,8,12,15H,3,6-7H2,(H,18,19)/t12-/m0/s1. The lowest BCUT2D eigenvalue weighted by Gasteiger charge is -2.20. The number of benzene rings is 1. The number of H-pyrrole nitrogens is 1. The zero-order valence-electron chi connectivity index (χ0n) is 10.3. The Bertz CT molecular complexity index is 614. The molecule has 2 heterocycles. The van der Waals surface area contributed by atoms with E-state index in [1.807, 2.05) is 24.3 Å². The number of aliphatic carboxylic acids is 1. The van der Waals surface area contributed by atoms with E-state index in [1.165, 1.54) is 4.90 Å². The molecule has 1 fully saturated rings. The number of fused-ring (bicyclic) bond motifs is 1. The van der Waals surface area contributed by atoms with Crippen molar-refractivity contribution in [1.82, 2.24) is 9.88 Å². The van der Waals surface area contributed by atoms with Crippen LogP contribution in [0.15, 0.2) is 30.3 Å². The van der Waals surface area contributed by atoms with Crippen molar-refractivity contribution in [2.75, 3.05) is 6.54 Å². The van der Waals surface area contributed by atoms with Crippen LogP contribution in [-0.2, 0) is 4.79 Å². The number of hydrogen-bond acceptors (Lipinski definition) is 2. The smallest absolute Gasteiger partial charge is 0.326 e. The number of likely N-dealkylation sites (tertiary alicyclic amines) is 1. The average molecular weight is 258 g/mol. The maximum atomic E-state index is 12.4. The van der Waals surface area contributed by atoms with Gasteiger partial charge in [0, 0.05) is 17.4 Å². The van der Waals surface area contributed by atoms with Gasteiger partial charge >= 0.3 is 5.97 Å². The van der Waals surface area contributed by atoms with Crippen LogP contribution >= 0.6 is 0 Å². The second kappa shape index (κ2) is 4.42. The van der Waals surface area contributed by atoms with Crippen molar-refractivity contribution >= 4 is 22.8 Å². The first-order valence-corrected chi connectivity index (χ1v) is 6.28. The first-order valence-electron chi connectivity index (χ1n) is 6.28. The highest BCUT2D eigenvalue weighted by molar-refractivity contribution is 5.99. The van der Waals surface area contributed by atoms with Crippen LogP contribution in [0.25, 0.3) is 10.9 Å². The highest BCUT2D eigenvalue weighted by Crippen LogP contribution is 2.22. The number of carbonyl (C=O) groups is 2. The third-order valence-corrected chi connectivity index (χ3v) is 3.56. The van der Waals surface area contributed by atoms with E-state index in [1.54, 1.807) is 6.07 Å². The SMILES string of the molecule is O=C(O)[C@@H]1CCCN1C(=O)c1cc2ccccc2[nH]1. The Balaban J connectivity index is 1.93. The van der Waals surface area contributed by atoms with Crippen molar-refractivity contribution in [2.24, 2.45) is 0 Å². The lowest BCUT2D eigenvalue weighted by molar-refractivity contribution is -0.141. The lowest BCUT2D eigenvalue weighted by atomic mass is 10.2. The molecule has 0 aliphatic carbocycles. The van der Waals surface area contributed by atoms with Gasteiger partial charge in [-0.3, -0.25) is 4.79 Å². The maximum Gasteiger partial charge on any atom is 0.326 e. The summed E-state index contributed by atoms with van der Waals surface area (Å²) in [5.74, 6) is -1.16. The van der Waals surface area contributed by atoms with E-state index in [-0.39, 0.29) is 5.91 Å². The normalized spacial score (nSPS) is 18.9. The number of carboxylic acids is 1. The van der Waals surface area contributed by atoms with Gasteiger partial charge in [0.2, 0.25) is 0 Å². The minimum Gasteiger partial charge on any atom is -0.480 e. The topological polar surface area (TPSA) is 73.4 Å². The van der Waals surface area contributed by atoms with Crippen LogP contribution in [0.2, 0.25) is 0 Å². The van der Waals surface area contributed by atoms with E-state index in [9.17, 15) is 9.59 Å². The molecule has 1 aliphatic rings. The molecule has 3 rings (SSSR count). The summed E-state index contributed by atoms with van der Waals surface area (Å²) in [5, 5.41) is 10.1. The monoisotopic (exact) mass is 258 g/mol. The summed E-state index contributed by atoms with van der Waals surface area (Å²) in [6.07, 6.45) is 1.27. The summed E-state index contributed by atoms with van der Waals surface area (Å²) in [6.45, 7) is 0.505. The molecule has 0 unspecified atom stereocenters. The van der Waals surface area contributed by atoms with Gasteiger partial charge < -0.3 is 15.0 Å². The second-order valence-corrected chi connectivity index (χ2v) is 4.77. The van der Waals surface area contributed by atoms with Crippen LogP contribution in [0.3, 0.4) is 0 Å². The Labute approximate surface area is 109 Å². The second-order valence-electron chi connectivity index (χ2n) is 4.77. The van der Waals surface area contributed by atoms with Gasteiger partial charge in [0.25, 0.3) is 5.91 Å². The van der Waals surface area contributed by atoms with Crippen molar-refractivity contribution in [3.63, 3.8) is 0 Å². The van der Waals surface area contributed by atoms with Crippen molar-refractivity contribution in [3.05, 3.63) is 36.0 Å². The van der Waals surface area contributed by atoms with Crippen LogP contribution < -0.4 is 0 Å². The molecule has 98 valence electrons. The van der Waals surface area contributed by atoms with E-state index in [4.69, 9.17) is 5.11 Å². The van der Waals surface area contributed by atoms with E-state index in [2.05, 4.69) is 4.98 Å². The Hall–Kier alpha value is -2.30. The molecule has 5 nitrogen and oxygen atoms in total. The van der Waals surface area contributed by atoms with E-state index in [0.717, 1.165) is 17.3 Å². The van der Waals surface area contributed by atoms with Crippen LogP contribution in [0.4, 0.5) is 0 Å². The van der Waals surface area contributed by atoms with Gasteiger partial charge in [0.15, 0.2) is 0 Å². The molecule has 0 bridgehead atoms. The molecule has 1 aliphatic heterocycles. The molecule has 2 N–H and O–H groups in total. The summed E-state index contributed by atoms with van der Waals surface area (Å²) in [7, 11) is 0. The van der Waals surface area contributed by atoms with E-state index >= 15 is 0 Å². The van der Waals surface area contributed by atoms with Crippen LogP contribution in [0.1, 0.15) is 23.3 Å². The zero-order chi connectivity index (χ0) is 13.4. The average Bonchev–Trinajstić information content (AvgIpc) is 3.04. The molecule has 19 heavy (non-hydrogen) atoms. The number of amides is 1. The molecule has 2 aromatic rings. The zero-order valence-corrected chi connectivity index (χ0v) is 10.3. The van der Waals surface area contributed by atoms with Crippen LogP contribution in [0, 0.1) is 0 Å². The van der Waals surface area contributed by atoms with Gasteiger partial charge in [-0.15, -0.1) is 0 Å². The first kappa shape index (κ1) is 11.8. The minimum absolute atomic E-state index is 0.235. The Morgan fingerprint density at radius 2 is 2.11 bits per heavy atom. The number of aromatic amines is 1. The van der Waals surface area contributed by atoms with Gasteiger partial charge in [-0.25, -0.2) is 4.79 Å². The third kappa shape index (κ3) is 1.97. The number of aromatic nitrogens is 1. The summed E-state index contributed by atoms with van der Waals surface area (Å²) in [6, 6.07) is 8.68. The first-order chi connectivity index (χ1) is 9.16. The highest BCUT2D eigenvalue weighted by atomic mass is 16.4. The molecule has 1 amide bonds. The molecule has 1 aromatic heterocycles. The Morgan fingerprint density at radius 1 is 1.32 bits per heavy atom. The Kier molecular flexibility index (Phi) is 2.74. The molecule has 1 atom stereocenters. The van der Waals surface area contributed by atoms with Gasteiger partial charge in [-0.2, -0.15) is 0 Å². The summed E-state index contributed by atoms with van der Waals surface area (Å²) >= 11 is 0. The number of carboxylic acid groups (broad SMARTS) is 1. The highest BCUT2D eigenvalue weighted by Gasteiger charge is 2.34.